The van der Waals surface area contributed by atoms with Crippen molar-refractivity contribution in [2.45, 2.75) is 19.9 Å². The molecule has 0 spiro atoms. The molecule has 2 N–H and O–H groups in total. The number of rotatable bonds is 1. The van der Waals surface area contributed by atoms with E-state index in [9.17, 15) is 9.90 Å². The van der Waals surface area contributed by atoms with Crippen LogP contribution in [0.15, 0.2) is 18.2 Å². The van der Waals surface area contributed by atoms with E-state index in [1.54, 1.807) is 17.0 Å². The smallest absolute Gasteiger partial charge is 0.324 e. The summed E-state index contributed by atoms with van der Waals surface area (Å²) in [5, 5.41) is 21.3. The Hall–Kier alpha value is -2.15. The summed E-state index contributed by atoms with van der Waals surface area (Å²) in [6.07, 6.45) is 0.790. The van der Waals surface area contributed by atoms with Crippen LogP contribution in [0.2, 0.25) is 0 Å². The van der Waals surface area contributed by atoms with Gasteiger partial charge in [-0.2, -0.15) is 0 Å². The Bertz CT molecular complexity index is 656. The van der Waals surface area contributed by atoms with E-state index in [4.69, 9.17) is 0 Å². The molecule has 1 aliphatic rings. The van der Waals surface area contributed by atoms with Crippen molar-refractivity contribution < 1.29 is 9.90 Å². The molecule has 7 heteroatoms. The van der Waals surface area contributed by atoms with Gasteiger partial charge in [-0.1, -0.05) is 17.4 Å². The first kappa shape index (κ1) is 12.9. The maximum absolute atomic E-state index is 12.2. The van der Waals surface area contributed by atoms with Crippen molar-refractivity contribution in [3.63, 3.8) is 0 Å². The van der Waals surface area contributed by atoms with Crippen molar-refractivity contribution in [3.05, 3.63) is 34.3 Å². The van der Waals surface area contributed by atoms with Crippen LogP contribution in [-0.2, 0) is 13.0 Å². The number of anilines is 1. The quantitative estimate of drug-likeness (QED) is 0.843. The van der Waals surface area contributed by atoms with Gasteiger partial charge >= 0.3 is 6.03 Å². The van der Waals surface area contributed by atoms with Gasteiger partial charge in [0.05, 0.1) is 0 Å². The number of nitrogens with one attached hydrogen (secondary N) is 1. The van der Waals surface area contributed by atoms with Gasteiger partial charge in [0.15, 0.2) is 0 Å². The van der Waals surface area contributed by atoms with Crippen molar-refractivity contribution in [2.75, 3.05) is 11.9 Å². The van der Waals surface area contributed by atoms with Crippen LogP contribution in [0, 0.1) is 6.92 Å². The third-order valence-electron chi connectivity index (χ3n) is 3.23. The van der Waals surface area contributed by atoms with Crippen molar-refractivity contribution in [2.24, 2.45) is 0 Å². The number of amides is 2. The number of carbonyl (C=O) groups excluding carboxylic acids is 1. The minimum absolute atomic E-state index is 0.185. The van der Waals surface area contributed by atoms with Crippen LogP contribution in [-0.4, -0.2) is 32.8 Å². The highest BCUT2D eigenvalue weighted by atomic mass is 32.1. The average molecular weight is 290 g/mol. The van der Waals surface area contributed by atoms with E-state index in [0.29, 0.717) is 18.2 Å². The van der Waals surface area contributed by atoms with Crippen LogP contribution in [0.5, 0.6) is 5.75 Å². The molecule has 0 saturated carbocycles. The largest absolute Gasteiger partial charge is 0.508 e. The summed E-state index contributed by atoms with van der Waals surface area (Å²) in [7, 11) is 0. The summed E-state index contributed by atoms with van der Waals surface area (Å²) in [4.78, 5) is 13.9. The number of phenolic OH excluding ortho intramolecular Hbond substituents is 1. The molecule has 2 amide bonds. The summed E-state index contributed by atoms with van der Waals surface area (Å²) in [6, 6.07) is 5.12. The Labute approximate surface area is 120 Å². The van der Waals surface area contributed by atoms with E-state index in [1.165, 1.54) is 16.9 Å². The van der Waals surface area contributed by atoms with Crippen LogP contribution < -0.4 is 5.32 Å². The van der Waals surface area contributed by atoms with Crippen molar-refractivity contribution in [1.29, 1.82) is 0 Å². The summed E-state index contributed by atoms with van der Waals surface area (Å²) in [5.74, 6) is 0.228. The number of aromatic nitrogens is 2. The second-order valence-electron chi connectivity index (χ2n) is 4.68. The molecule has 2 aromatic rings. The Balaban J connectivity index is 1.71. The molecule has 1 aromatic carbocycles. The predicted molar refractivity (Wildman–Crippen MR) is 75.9 cm³/mol. The molecule has 0 atom stereocenters. The van der Waals surface area contributed by atoms with Gasteiger partial charge in [0, 0.05) is 13.1 Å². The van der Waals surface area contributed by atoms with Crippen LogP contribution >= 0.6 is 11.3 Å². The molecule has 1 aromatic heterocycles. The molecule has 6 nitrogen and oxygen atoms in total. The monoisotopic (exact) mass is 290 g/mol. The fourth-order valence-corrected chi connectivity index (χ4v) is 2.82. The topological polar surface area (TPSA) is 78.4 Å². The van der Waals surface area contributed by atoms with Gasteiger partial charge in [-0.3, -0.25) is 5.32 Å². The zero-order valence-corrected chi connectivity index (χ0v) is 11.8. The lowest BCUT2D eigenvalue weighted by atomic mass is 10.00. The van der Waals surface area contributed by atoms with E-state index in [2.05, 4.69) is 15.5 Å². The number of hydrogen-bond donors (Lipinski definition) is 2. The van der Waals surface area contributed by atoms with E-state index < -0.39 is 0 Å². The number of phenols is 1. The molecule has 0 saturated heterocycles. The maximum Gasteiger partial charge on any atom is 0.324 e. The molecule has 2 heterocycles. The van der Waals surface area contributed by atoms with Gasteiger partial charge < -0.3 is 10.0 Å². The van der Waals surface area contributed by atoms with E-state index >= 15 is 0 Å². The van der Waals surface area contributed by atoms with Crippen LogP contribution in [0.3, 0.4) is 0 Å². The molecule has 0 aliphatic carbocycles. The summed E-state index contributed by atoms with van der Waals surface area (Å²) >= 11 is 1.35. The number of aromatic hydroxyl groups is 1. The Kier molecular flexibility index (Phi) is 3.27. The summed E-state index contributed by atoms with van der Waals surface area (Å²) < 4.78 is 0. The highest BCUT2D eigenvalue weighted by Gasteiger charge is 2.21. The van der Waals surface area contributed by atoms with Crippen molar-refractivity contribution >= 4 is 22.5 Å². The third kappa shape index (κ3) is 2.57. The zero-order valence-electron chi connectivity index (χ0n) is 11.0. The molecule has 0 bridgehead atoms. The van der Waals surface area contributed by atoms with Crippen molar-refractivity contribution in [3.8, 4) is 5.75 Å². The lowest BCUT2D eigenvalue weighted by Gasteiger charge is -2.28. The van der Waals surface area contributed by atoms with Crippen LogP contribution in [0.25, 0.3) is 0 Å². The lowest BCUT2D eigenvalue weighted by Crippen LogP contribution is -2.38. The molecule has 0 fully saturated rings. The van der Waals surface area contributed by atoms with Crippen LogP contribution in [0.1, 0.15) is 16.1 Å². The highest BCUT2D eigenvalue weighted by molar-refractivity contribution is 7.15. The molecule has 3 rings (SSSR count). The first-order valence-electron chi connectivity index (χ1n) is 6.28. The van der Waals surface area contributed by atoms with Crippen molar-refractivity contribution in [1.82, 2.24) is 15.1 Å². The van der Waals surface area contributed by atoms with Gasteiger partial charge in [0.1, 0.15) is 10.8 Å². The molecule has 20 heavy (non-hydrogen) atoms. The maximum atomic E-state index is 12.2. The van der Waals surface area contributed by atoms with Gasteiger partial charge in [-0.25, -0.2) is 4.79 Å². The Morgan fingerprint density at radius 2 is 2.25 bits per heavy atom. The second kappa shape index (κ2) is 5.09. The molecular formula is C13H14N4O2S. The Morgan fingerprint density at radius 3 is 3.00 bits per heavy atom. The molecule has 0 radical (unpaired) electrons. The highest BCUT2D eigenvalue weighted by Crippen LogP contribution is 2.24. The average Bonchev–Trinajstić information content (AvgIpc) is 2.83. The number of nitrogens with zero attached hydrogens (tertiary/aromatic N) is 3. The summed E-state index contributed by atoms with van der Waals surface area (Å²) in [5.41, 5.74) is 2.17. The first-order valence-corrected chi connectivity index (χ1v) is 7.10. The normalized spacial score (nSPS) is 13.9. The third-order valence-corrected chi connectivity index (χ3v) is 3.98. The molecule has 104 valence electrons. The second-order valence-corrected chi connectivity index (χ2v) is 5.86. The Morgan fingerprint density at radius 1 is 1.40 bits per heavy atom. The van der Waals surface area contributed by atoms with Gasteiger partial charge in [-0.15, -0.1) is 10.2 Å². The number of carbonyl (C=O) groups is 1. The minimum atomic E-state index is -0.185. The minimum Gasteiger partial charge on any atom is -0.508 e. The fourth-order valence-electron chi connectivity index (χ4n) is 2.23. The number of aryl methyl sites for hydroxylation is 1. The molecular weight excluding hydrogens is 276 g/mol. The lowest BCUT2D eigenvalue weighted by molar-refractivity contribution is 0.206. The summed E-state index contributed by atoms with van der Waals surface area (Å²) in [6.45, 7) is 2.99. The van der Waals surface area contributed by atoms with E-state index in [1.807, 2.05) is 13.0 Å². The number of urea groups is 1. The van der Waals surface area contributed by atoms with Gasteiger partial charge in [0.25, 0.3) is 0 Å². The molecule has 1 aliphatic heterocycles. The molecule has 0 unspecified atom stereocenters. The predicted octanol–water partition coefficient (Wildman–Crippen LogP) is 2.14. The van der Waals surface area contributed by atoms with E-state index in [-0.39, 0.29) is 11.8 Å². The number of hydrogen-bond acceptors (Lipinski definition) is 5. The van der Waals surface area contributed by atoms with E-state index in [0.717, 1.165) is 17.0 Å². The van der Waals surface area contributed by atoms with Gasteiger partial charge in [0.2, 0.25) is 5.13 Å². The zero-order chi connectivity index (χ0) is 14.1. The standard InChI is InChI=1S/C13H14N4O2S/c1-8-15-16-12(20-8)14-13(19)17-5-4-9-2-3-11(18)6-10(9)7-17/h2-3,6,18H,4-5,7H2,1H3,(H,14,16,19). The SMILES string of the molecule is Cc1nnc(NC(=O)N2CCc3ccc(O)cc3C2)s1. The van der Waals surface area contributed by atoms with Gasteiger partial charge in [-0.05, 0) is 36.6 Å². The fraction of sp³-hybridized carbons (Fsp3) is 0.308. The number of benzene rings is 1. The van der Waals surface area contributed by atoms with Crippen LogP contribution in [0.4, 0.5) is 9.93 Å². The number of fused-ring (bicyclic) bond motifs is 1. The first-order chi connectivity index (χ1) is 9.61.